The molecule has 3 aromatic carbocycles. The predicted octanol–water partition coefficient (Wildman–Crippen LogP) is 5.56. The van der Waals surface area contributed by atoms with Gasteiger partial charge < -0.3 is 19.3 Å². The average molecular weight is 553 g/mol. The third-order valence-corrected chi connectivity index (χ3v) is 6.70. The minimum absolute atomic E-state index is 0.00756. The highest BCUT2D eigenvalue weighted by molar-refractivity contribution is 6.02. The number of hydrogen-bond acceptors (Lipinski definition) is 7. The number of carbonyl (C=O) groups is 1. The Bertz CT molecular complexity index is 1450. The molecule has 3 aromatic rings. The zero-order chi connectivity index (χ0) is 29.2. The van der Waals surface area contributed by atoms with Crippen LogP contribution in [0.5, 0.6) is 11.5 Å². The van der Waals surface area contributed by atoms with E-state index in [2.05, 4.69) is 17.5 Å². The maximum Gasteiger partial charge on any atom is 0.269 e. The summed E-state index contributed by atoms with van der Waals surface area (Å²) in [6.45, 7) is 8.68. The summed E-state index contributed by atoms with van der Waals surface area (Å²) in [5.74, 6) is 0.687. The standard InChI is InChI=1S/C32H32N4O5/c1-3-8-26-19-25(21-30(40-4-2)31(26)41-23-24-11-13-29(14-12-24)36(38)39)20-27(22-33)32(37)35-17-15-34(16-18-35)28-9-6-5-7-10-28/h3,5-7,9-14,19-21H,1,4,8,15-18,23H2,2H3/b27-20-. The number of benzene rings is 3. The second kappa shape index (κ2) is 13.8. The van der Waals surface area contributed by atoms with Crippen molar-refractivity contribution in [3.05, 3.63) is 112 Å². The Morgan fingerprint density at radius 3 is 2.39 bits per heavy atom. The summed E-state index contributed by atoms with van der Waals surface area (Å²) in [7, 11) is 0. The molecule has 1 aliphatic heterocycles. The van der Waals surface area contributed by atoms with Gasteiger partial charge in [-0.15, -0.1) is 6.58 Å². The normalized spacial score (nSPS) is 13.3. The van der Waals surface area contributed by atoms with Gasteiger partial charge in [0.25, 0.3) is 11.6 Å². The number of para-hydroxylation sites is 1. The Labute approximate surface area is 239 Å². The van der Waals surface area contributed by atoms with E-state index >= 15 is 0 Å². The zero-order valence-corrected chi connectivity index (χ0v) is 23.0. The molecule has 210 valence electrons. The molecule has 0 N–H and O–H groups in total. The van der Waals surface area contributed by atoms with Crippen molar-refractivity contribution in [3.8, 4) is 17.6 Å². The number of anilines is 1. The summed E-state index contributed by atoms with van der Waals surface area (Å²) in [5.41, 5.74) is 3.35. The molecule has 1 heterocycles. The number of nitro benzene ring substituents is 1. The highest BCUT2D eigenvalue weighted by Crippen LogP contribution is 2.35. The number of allylic oxidation sites excluding steroid dienone is 1. The van der Waals surface area contributed by atoms with Crippen molar-refractivity contribution in [2.24, 2.45) is 0 Å². The third kappa shape index (κ3) is 7.31. The van der Waals surface area contributed by atoms with Crippen molar-refractivity contribution in [2.75, 3.05) is 37.7 Å². The van der Waals surface area contributed by atoms with Gasteiger partial charge in [0, 0.05) is 49.6 Å². The molecule has 0 bridgehead atoms. The molecule has 1 aliphatic rings. The largest absolute Gasteiger partial charge is 0.490 e. The molecule has 0 aliphatic carbocycles. The zero-order valence-electron chi connectivity index (χ0n) is 23.0. The summed E-state index contributed by atoms with van der Waals surface area (Å²) in [6, 6.07) is 21.9. The van der Waals surface area contributed by atoms with Crippen molar-refractivity contribution in [2.45, 2.75) is 20.0 Å². The first kappa shape index (κ1) is 28.9. The summed E-state index contributed by atoms with van der Waals surface area (Å²) < 4.78 is 12.0. The van der Waals surface area contributed by atoms with Crippen molar-refractivity contribution in [1.29, 1.82) is 5.26 Å². The quantitative estimate of drug-likeness (QED) is 0.101. The lowest BCUT2D eigenvalue weighted by Crippen LogP contribution is -2.49. The van der Waals surface area contributed by atoms with Gasteiger partial charge in [0.2, 0.25) is 0 Å². The number of amides is 1. The minimum Gasteiger partial charge on any atom is -0.490 e. The van der Waals surface area contributed by atoms with Crippen LogP contribution in [-0.4, -0.2) is 48.5 Å². The molecule has 0 spiro atoms. The fourth-order valence-corrected chi connectivity index (χ4v) is 4.66. The molecule has 9 nitrogen and oxygen atoms in total. The van der Waals surface area contributed by atoms with E-state index in [1.54, 1.807) is 35.3 Å². The van der Waals surface area contributed by atoms with Crippen molar-refractivity contribution < 1.29 is 19.2 Å². The van der Waals surface area contributed by atoms with Gasteiger partial charge in [-0.05, 0) is 66.9 Å². The van der Waals surface area contributed by atoms with Crippen LogP contribution in [0.15, 0.2) is 85.0 Å². The molecule has 4 rings (SSSR count). The fraction of sp³-hybridized carbons (Fsp3) is 0.250. The van der Waals surface area contributed by atoms with Gasteiger partial charge in [-0.25, -0.2) is 0 Å². The average Bonchev–Trinajstić information content (AvgIpc) is 3.00. The first-order valence-electron chi connectivity index (χ1n) is 13.4. The number of rotatable bonds is 11. The molecular formula is C32H32N4O5. The van der Waals surface area contributed by atoms with Crippen LogP contribution < -0.4 is 14.4 Å². The van der Waals surface area contributed by atoms with E-state index < -0.39 is 4.92 Å². The molecule has 41 heavy (non-hydrogen) atoms. The SMILES string of the molecule is C=CCc1cc(/C=C(/C#N)C(=O)N2CCN(c3ccccc3)CC2)cc(OCC)c1OCc1ccc([N+](=O)[O-])cc1. The van der Waals surface area contributed by atoms with Crippen LogP contribution in [0.4, 0.5) is 11.4 Å². The molecule has 0 aromatic heterocycles. The molecular weight excluding hydrogens is 520 g/mol. The smallest absolute Gasteiger partial charge is 0.269 e. The van der Waals surface area contributed by atoms with Crippen LogP contribution in [0.2, 0.25) is 0 Å². The number of hydrogen-bond donors (Lipinski definition) is 0. The van der Waals surface area contributed by atoms with Gasteiger partial charge >= 0.3 is 0 Å². The highest BCUT2D eigenvalue weighted by Gasteiger charge is 2.24. The monoisotopic (exact) mass is 552 g/mol. The van der Waals surface area contributed by atoms with Crippen LogP contribution in [0, 0.1) is 21.4 Å². The van der Waals surface area contributed by atoms with Gasteiger partial charge in [0.05, 0.1) is 11.5 Å². The maximum absolute atomic E-state index is 13.3. The fourth-order valence-electron chi connectivity index (χ4n) is 4.66. The second-order valence-electron chi connectivity index (χ2n) is 9.43. The van der Waals surface area contributed by atoms with Crippen molar-refractivity contribution in [1.82, 2.24) is 4.90 Å². The van der Waals surface area contributed by atoms with Crippen LogP contribution in [0.3, 0.4) is 0 Å². The molecule has 0 radical (unpaired) electrons. The van der Waals surface area contributed by atoms with Gasteiger partial charge in [0.1, 0.15) is 18.2 Å². The Morgan fingerprint density at radius 1 is 1.07 bits per heavy atom. The first-order chi connectivity index (χ1) is 19.9. The molecule has 1 saturated heterocycles. The molecule has 1 amide bonds. The molecule has 0 saturated carbocycles. The number of ether oxygens (including phenoxy) is 2. The number of nitriles is 1. The minimum atomic E-state index is -0.447. The number of nitro groups is 1. The second-order valence-corrected chi connectivity index (χ2v) is 9.43. The van der Waals surface area contributed by atoms with E-state index in [4.69, 9.17) is 9.47 Å². The first-order valence-corrected chi connectivity index (χ1v) is 13.4. The molecule has 1 fully saturated rings. The maximum atomic E-state index is 13.3. The lowest BCUT2D eigenvalue weighted by molar-refractivity contribution is -0.384. The van der Waals surface area contributed by atoms with Crippen molar-refractivity contribution in [3.63, 3.8) is 0 Å². The molecule has 0 unspecified atom stereocenters. The number of nitrogens with zero attached hydrogens (tertiary/aromatic N) is 4. The van der Waals surface area contributed by atoms with E-state index in [-0.39, 0.29) is 23.8 Å². The van der Waals surface area contributed by atoms with Gasteiger partial charge in [-0.3, -0.25) is 14.9 Å². The van der Waals surface area contributed by atoms with Crippen molar-refractivity contribution >= 4 is 23.4 Å². The van der Waals surface area contributed by atoms with E-state index in [9.17, 15) is 20.2 Å². The Kier molecular flexibility index (Phi) is 9.73. The van der Waals surface area contributed by atoms with E-state index in [1.165, 1.54) is 12.1 Å². The van der Waals surface area contributed by atoms with Crippen LogP contribution >= 0.6 is 0 Å². The van der Waals surface area contributed by atoms with Gasteiger partial charge in [-0.2, -0.15) is 5.26 Å². The van der Waals surface area contributed by atoms with E-state index in [1.807, 2.05) is 43.3 Å². The highest BCUT2D eigenvalue weighted by atomic mass is 16.6. The van der Waals surface area contributed by atoms with Crippen LogP contribution in [-0.2, 0) is 17.8 Å². The summed E-state index contributed by atoms with van der Waals surface area (Å²) in [6.07, 6.45) is 3.79. The van der Waals surface area contributed by atoms with E-state index in [0.717, 1.165) is 16.8 Å². The van der Waals surface area contributed by atoms with E-state index in [0.29, 0.717) is 56.3 Å². The Morgan fingerprint density at radius 2 is 1.78 bits per heavy atom. The number of carbonyl (C=O) groups excluding carboxylic acids is 1. The summed E-state index contributed by atoms with van der Waals surface area (Å²) in [4.78, 5) is 27.7. The third-order valence-electron chi connectivity index (χ3n) is 6.70. The molecule has 0 atom stereocenters. The topological polar surface area (TPSA) is 109 Å². The number of non-ortho nitro benzene ring substituents is 1. The Balaban J connectivity index is 1.54. The summed E-state index contributed by atoms with van der Waals surface area (Å²) >= 11 is 0. The lowest BCUT2D eigenvalue weighted by atomic mass is 10.0. The van der Waals surface area contributed by atoms with Crippen LogP contribution in [0.25, 0.3) is 6.08 Å². The molecule has 9 heteroatoms. The lowest BCUT2D eigenvalue weighted by Gasteiger charge is -2.36. The summed E-state index contributed by atoms with van der Waals surface area (Å²) in [5, 5.41) is 20.8. The van der Waals surface area contributed by atoms with Gasteiger partial charge in [0.15, 0.2) is 11.5 Å². The predicted molar refractivity (Wildman–Crippen MR) is 158 cm³/mol. The Hall–Kier alpha value is -5.10. The number of piperazine rings is 1. The van der Waals surface area contributed by atoms with Gasteiger partial charge in [-0.1, -0.05) is 24.3 Å². The van der Waals surface area contributed by atoms with Crippen LogP contribution in [0.1, 0.15) is 23.6 Å².